The van der Waals surface area contributed by atoms with Gasteiger partial charge in [0, 0.05) is 6.54 Å². The third-order valence-electron chi connectivity index (χ3n) is 3.53. The summed E-state index contributed by atoms with van der Waals surface area (Å²) in [5.74, 6) is -4.07. The molecule has 134 valence electrons. The van der Waals surface area contributed by atoms with Gasteiger partial charge in [-0.2, -0.15) is 0 Å². The molecule has 0 fully saturated rings. The van der Waals surface area contributed by atoms with Gasteiger partial charge in [0.25, 0.3) is 5.91 Å². The van der Waals surface area contributed by atoms with E-state index in [4.69, 9.17) is 16.7 Å². The van der Waals surface area contributed by atoms with Gasteiger partial charge in [0.05, 0.1) is 42.1 Å². The Morgan fingerprint density at radius 2 is 2.12 bits per heavy atom. The van der Waals surface area contributed by atoms with E-state index in [1.54, 1.807) is 0 Å². The van der Waals surface area contributed by atoms with Crippen LogP contribution in [0, 0.1) is 5.82 Å². The van der Waals surface area contributed by atoms with Crippen LogP contribution in [0.1, 0.15) is 10.4 Å². The number of carbonyl (C=O) groups is 3. The average Bonchev–Trinajstić information content (AvgIpc) is 2.88. The average molecular weight is 373 g/mol. The summed E-state index contributed by atoms with van der Waals surface area (Å²) in [6.45, 7) is -0.577. The number of ether oxygens (including phenoxy) is 1. The van der Waals surface area contributed by atoms with Crippen LogP contribution in [0.5, 0.6) is 0 Å². The zero-order valence-electron chi connectivity index (χ0n) is 13.0. The number of β-amino-alcohol motifs (C(OH)–C–C–N with tert-alkyl or cyclic N) is 1. The van der Waals surface area contributed by atoms with E-state index in [2.05, 4.69) is 10.1 Å². The molecule has 0 aliphatic carbocycles. The first-order chi connectivity index (χ1) is 11.8. The fraction of sp³-hybridized carbons (Fsp3) is 0.267. The lowest BCUT2D eigenvalue weighted by Gasteiger charge is -2.16. The van der Waals surface area contributed by atoms with Gasteiger partial charge in [-0.1, -0.05) is 11.6 Å². The Morgan fingerprint density at radius 3 is 2.68 bits per heavy atom. The number of methoxy groups -OCH3 is 1. The Morgan fingerprint density at radius 1 is 1.44 bits per heavy atom. The largest absolute Gasteiger partial charge is 0.478 e. The first-order valence-electron chi connectivity index (χ1n) is 7.01. The summed E-state index contributed by atoms with van der Waals surface area (Å²) in [5, 5.41) is 20.2. The minimum atomic E-state index is -1.45. The second kappa shape index (κ2) is 7.49. The lowest BCUT2D eigenvalue weighted by molar-refractivity contribution is -0.136. The van der Waals surface area contributed by atoms with Crippen LogP contribution in [0.3, 0.4) is 0 Å². The smallest absolute Gasteiger partial charge is 0.337 e. The molecule has 1 amide bonds. The van der Waals surface area contributed by atoms with Gasteiger partial charge in [-0.3, -0.25) is 4.79 Å². The summed E-state index contributed by atoms with van der Waals surface area (Å²) >= 11 is 5.67. The van der Waals surface area contributed by atoms with E-state index in [0.717, 1.165) is 24.1 Å². The van der Waals surface area contributed by atoms with Crippen molar-refractivity contribution in [1.82, 2.24) is 4.90 Å². The van der Waals surface area contributed by atoms with Crippen LogP contribution in [-0.4, -0.2) is 59.8 Å². The van der Waals surface area contributed by atoms with Crippen molar-refractivity contribution in [3.05, 3.63) is 39.8 Å². The van der Waals surface area contributed by atoms with Gasteiger partial charge in [-0.15, -0.1) is 0 Å². The molecule has 3 N–H and O–H groups in total. The molecular weight excluding hydrogens is 359 g/mol. The van der Waals surface area contributed by atoms with Gasteiger partial charge >= 0.3 is 11.9 Å². The molecule has 0 radical (unpaired) electrons. The van der Waals surface area contributed by atoms with E-state index in [1.165, 1.54) is 0 Å². The van der Waals surface area contributed by atoms with Gasteiger partial charge < -0.3 is 25.2 Å². The number of aliphatic hydroxyl groups is 1. The molecule has 0 atom stereocenters. The quantitative estimate of drug-likeness (QED) is 0.634. The van der Waals surface area contributed by atoms with Gasteiger partial charge in [-0.25, -0.2) is 14.0 Å². The Bertz CT molecular complexity index is 780. The molecule has 0 unspecified atom stereocenters. The molecule has 0 spiro atoms. The fourth-order valence-electron chi connectivity index (χ4n) is 2.33. The molecular formula is C15H14ClFN2O6. The van der Waals surface area contributed by atoms with Crippen molar-refractivity contribution in [2.75, 3.05) is 32.1 Å². The fourth-order valence-corrected chi connectivity index (χ4v) is 2.48. The van der Waals surface area contributed by atoms with E-state index in [1.807, 2.05) is 0 Å². The van der Waals surface area contributed by atoms with E-state index >= 15 is 0 Å². The van der Waals surface area contributed by atoms with Crippen molar-refractivity contribution in [3.8, 4) is 0 Å². The SMILES string of the molecule is COC(=O)C1=C(Nc2c(C(=O)O)ccc(Cl)c2F)C(=O)N(CCO)C1. The number of esters is 1. The van der Waals surface area contributed by atoms with E-state index in [9.17, 15) is 23.9 Å². The molecule has 1 aliphatic rings. The van der Waals surface area contributed by atoms with Crippen molar-refractivity contribution in [2.45, 2.75) is 0 Å². The van der Waals surface area contributed by atoms with Gasteiger partial charge in [0.2, 0.25) is 0 Å². The Balaban J connectivity index is 2.52. The molecule has 1 aromatic carbocycles. The number of halogens is 2. The maximum atomic E-state index is 14.3. The summed E-state index contributed by atoms with van der Waals surface area (Å²) in [7, 11) is 1.11. The summed E-state index contributed by atoms with van der Waals surface area (Å²) < 4.78 is 18.9. The number of aliphatic hydroxyl groups excluding tert-OH is 1. The lowest BCUT2D eigenvalue weighted by Crippen LogP contribution is -2.31. The number of carboxylic acids is 1. The zero-order valence-corrected chi connectivity index (χ0v) is 13.8. The normalized spacial score (nSPS) is 14.1. The topological polar surface area (TPSA) is 116 Å². The zero-order chi connectivity index (χ0) is 18.7. The number of benzene rings is 1. The molecule has 0 bridgehead atoms. The third-order valence-corrected chi connectivity index (χ3v) is 3.82. The maximum Gasteiger partial charge on any atom is 0.337 e. The van der Waals surface area contributed by atoms with Gasteiger partial charge in [-0.05, 0) is 12.1 Å². The van der Waals surface area contributed by atoms with Crippen molar-refractivity contribution < 1.29 is 33.7 Å². The summed E-state index contributed by atoms with van der Waals surface area (Å²) in [6, 6.07) is 2.13. The van der Waals surface area contributed by atoms with Crippen LogP contribution < -0.4 is 5.32 Å². The number of amides is 1. The highest BCUT2D eigenvalue weighted by Gasteiger charge is 2.35. The number of anilines is 1. The molecule has 8 nitrogen and oxygen atoms in total. The van der Waals surface area contributed by atoms with Crippen LogP contribution in [0.15, 0.2) is 23.4 Å². The Kier molecular flexibility index (Phi) is 5.60. The highest BCUT2D eigenvalue weighted by atomic mass is 35.5. The molecule has 1 aromatic rings. The van der Waals surface area contributed by atoms with Crippen molar-refractivity contribution in [1.29, 1.82) is 0 Å². The summed E-state index contributed by atoms with van der Waals surface area (Å²) in [6.07, 6.45) is 0. The van der Waals surface area contributed by atoms with Crippen LogP contribution >= 0.6 is 11.6 Å². The Labute approximate surface area is 146 Å². The predicted octanol–water partition coefficient (Wildman–Crippen LogP) is 0.851. The molecule has 25 heavy (non-hydrogen) atoms. The first-order valence-corrected chi connectivity index (χ1v) is 7.39. The molecule has 0 saturated heterocycles. The molecule has 0 aromatic heterocycles. The predicted molar refractivity (Wildman–Crippen MR) is 84.7 cm³/mol. The number of rotatable bonds is 6. The minimum absolute atomic E-state index is 0.0612. The number of nitrogens with zero attached hydrogens (tertiary/aromatic N) is 1. The van der Waals surface area contributed by atoms with Crippen molar-refractivity contribution >= 4 is 35.1 Å². The van der Waals surface area contributed by atoms with Crippen LogP contribution in [-0.2, 0) is 14.3 Å². The van der Waals surface area contributed by atoms with Crippen LogP contribution in [0.4, 0.5) is 10.1 Å². The number of carboxylic acid groups (broad SMARTS) is 1. The van der Waals surface area contributed by atoms with Crippen LogP contribution in [0.2, 0.25) is 5.02 Å². The summed E-state index contributed by atoms with van der Waals surface area (Å²) in [5.41, 5.74) is -1.46. The van der Waals surface area contributed by atoms with Crippen LogP contribution in [0.25, 0.3) is 0 Å². The Hall–Kier alpha value is -2.65. The molecule has 10 heteroatoms. The second-order valence-corrected chi connectivity index (χ2v) is 5.42. The van der Waals surface area contributed by atoms with Crippen molar-refractivity contribution in [3.63, 3.8) is 0 Å². The van der Waals surface area contributed by atoms with E-state index in [0.29, 0.717) is 0 Å². The monoisotopic (exact) mass is 372 g/mol. The number of nitrogens with one attached hydrogen (secondary N) is 1. The molecule has 1 aliphatic heterocycles. The maximum absolute atomic E-state index is 14.3. The number of aromatic carboxylic acids is 1. The highest BCUT2D eigenvalue weighted by Crippen LogP contribution is 2.30. The summed E-state index contributed by atoms with van der Waals surface area (Å²) in [4.78, 5) is 36.7. The lowest BCUT2D eigenvalue weighted by atomic mass is 10.1. The van der Waals surface area contributed by atoms with Gasteiger partial charge in [0.1, 0.15) is 5.70 Å². The number of hydrogen-bond donors (Lipinski definition) is 3. The molecule has 1 heterocycles. The molecule has 0 saturated carbocycles. The third kappa shape index (κ3) is 3.57. The minimum Gasteiger partial charge on any atom is -0.478 e. The van der Waals surface area contributed by atoms with Gasteiger partial charge in [0.15, 0.2) is 5.82 Å². The van der Waals surface area contributed by atoms with E-state index in [-0.39, 0.29) is 36.0 Å². The van der Waals surface area contributed by atoms with E-state index < -0.39 is 34.9 Å². The number of carbonyl (C=O) groups excluding carboxylic acids is 2. The standard InChI is InChI=1S/C15H14ClFN2O6/c1-25-15(24)8-6-19(4-5-20)13(21)12(8)18-11-7(14(22)23)2-3-9(16)10(11)17/h2-3,18,20H,4-6H2,1H3,(H,22,23). The second-order valence-electron chi connectivity index (χ2n) is 5.01. The highest BCUT2D eigenvalue weighted by molar-refractivity contribution is 6.31. The van der Waals surface area contributed by atoms with Crippen molar-refractivity contribution in [2.24, 2.45) is 0 Å². The number of hydrogen-bond acceptors (Lipinski definition) is 6. The molecule has 2 rings (SSSR count). The first kappa shape index (κ1) is 18.7.